The largest absolute Gasteiger partial charge is 0.467 e. The van der Waals surface area contributed by atoms with Crippen molar-refractivity contribution in [1.29, 1.82) is 0 Å². The summed E-state index contributed by atoms with van der Waals surface area (Å²) in [5, 5.41) is 12.6. The van der Waals surface area contributed by atoms with Crippen LogP contribution < -0.4 is 10.1 Å². The van der Waals surface area contributed by atoms with Crippen molar-refractivity contribution in [2.45, 2.75) is 25.9 Å². The van der Waals surface area contributed by atoms with Crippen LogP contribution in [0.3, 0.4) is 0 Å². The lowest BCUT2D eigenvalue weighted by atomic mass is 10.1. The molecule has 0 radical (unpaired) electrons. The first-order valence-corrected chi connectivity index (χ1v) is 6.04. The number of hydrogen-bond donors (Lipinski definition) is 1. The minimum atomic E-state index is -0.00512. The topological polar surface area (TPSA) is 50.3 Å². The van der Waals surface area contributed by atoms with Gasteiger partial charge in [-0.25, -0.2) is 0 Å². The van der Waals surface area contributed by atoms with Crippen molar-refractivity contribution in [3.05, 3.63) is 5.01 Å². The maximum atomic E-state index is 5.63. The molecule has 1 aromatic heterocycles. The normalized spacial score (nSPS) is 12.1. The number of aromatic nitrogens is 2. The molecule has 16 heavy (non-hydrogen) atoms. The SMILES string of the molecule is CNCc1nnc(OCC(C)(C)N(C)C)s1. The Bertz CT molecular complexity index is 324. The second-order valence-corrected chi connectivity index (χ2v) is 5.51. The first-order valence-electron chi connectivity index (χ1n) is 5.23. The van der Waals surface area contributed by atoms with Crippen LogP contribution in [-0.2, 0) is 6.54 Å². The first kappa shape index (κ1) is 13.3. The Hall–Kier alpha value is -0.720. The molecule has 0 aliphatic rings. The highest BCUT2D eigenvalue weighted by Gasteiger charge is 2.22. The Morgan fingerprint density at radius 3 is 2.62 bits per heavy atom. The molecule has 0 aliphatic heterocycles. The van der Waals surface area contributed by atoms with Gasteiger partial charge in [0.1, 0.15) is 11.6 Å². The average molecular weight is 244 g/mol. The summed E-state index contributed by atoms with van der Waals surface area (Å²) >= 11 is 1.48. The molecule has 1 heterocycles. The minimum Gasteiger partial charge on any atom is -0.467 e. The quantitative estimate of drug-likeness (QED) is 0.808. The van der Waals surface area contributed by atoms with Crippen molar-refractivity contribution < 1.29 is 4.74 Å². The van der Waals surface area contributed by atoms with Gasteiger partial charge >= 0.3 is 0 Å². The van der Waals surface area contributed by atoms with Gasteiger partial charge in [-0.2, -0.15) is 0 Å². The summed E-state index contributed by atoms with van der Waals surface area (Å²) in [4.78, 5) is 2.13. The highest BCUT2D eigenvalue weighted by molar-refractivity contribution is 7.13. The van der Waals surface area contributed by atoms with Gasteiger partial charge in [0.15, 0.2) is 0 Å². The Balaban J connectivity index is 2.48. The van der Waals surface area contributed by atoms with Gasteiger partial charge in [0.25, 0.3) is 5.19 Å². The van der Waals surface area contributed by atoms with Gasteiger partial charge in [-0.15, -0.1) is 10.2 Å². The van der Waals surface area contributed by atoms with Crippen LogP contribution >= 0.6 is 11.3 Å². The fourth-order valence-corrected chi connectivity index (χ4v) is 1.59. The van der Waals surface area contributed by atoms with Gasteiger partial charge in [-0.3, -0.25) is 0 Å². The van der Waals surface area contributed by atoms with Crippen LogP contribution in [-0.4, -0.2) is 48.4 Å². The molecule has 0 atom stereocenters. The zero-order valence-electron chi connectivity index (χ0n) is 10.6. The van der Waals surface area contributed by atoms with Crippen LogP contribution in [0.25, 0.3) is 0 Å². The van der Waals surface area contributed by atoms with E-state index in [1.165, 1.54) is 11.3 Å². The summed E-state index contributed by atoms with van der Waals surface area (Å²) in [5.74, 6) is 0. The fourth-order valence-electron chi connectivity index (χ4n) is 0.887. The summed E-state index contributed by atoms with van der Waals surface area (Å²) in [7, 11) is 5.96. The third kappa shape index (κ3) is 3.70. The molecule has 0 aliphatic carbocycles. The van der Waals surface area contributed by atoms with E-state index in [1.54, 1.807) is 0 Å². The third-order valence-corrected chi connectivity index (χ3v) is 3.37. The zero-order chi connectivity index (χ0) is 12.2. The molecule has 0 spiro atoms. The molecular formula is C10H20N4OS. The number of nitrogens with one attached hydrogen (secondary N) is 1. The third-order valence-electron chi connectivity index (χ3n) is 2.54. The Kier molecular flexibility index (Phi) is 4.64. The van der Waals surface area contributed by atoms with Gasteiger partial charge in [0.05, 0.1) is 0 Å². The zero-order valence-corrected chi connectivity index (χ0v) is 11.4. The van der Waals surface area contributed by atoms with Crippen molar-refractivity contribution in [2.24, 2.45) is 0 Å². The van der Waals surface area contributed by atoms with Gasteiger partial charge in [-0.05, 0) is 35.0 Å². The minimum absolute atomic E-state index is 0.00512. The summed E-state index contributed by atoms with van der Waals surface area (Å²) in [6, 6.07) is 0. The summed E-state index contributed by atoms with van der Waals surface area (Å²) in [5.41, 5.74) is -0.00512. The number of ether oxygens (including phenoxy) is 1. The molecular weight excluding hydrogens is 224 g/mol. The maximum Gasteiger partial charge on any atom is 0.294 e. The maximum absolute atomic E-state index is 5.63. The van der Waals surface area contributed by atoms with Crippen LogP contribution in [0.2, 0.25) is 0 Å². The lowest BCUT2D eigenvalue weighted by Gasteiger charge is -2.31. The van der Waals surface area contributed by atoms with E-state index in [2.05, 4.69) is 34.3 Å². The van der Waals surface area contributed by atoms with E-state index in [1.807, 2.05) is 21.1 Å². The van der Waals surface area contributed by atoms with E-state index in [0.29, 0.717) is 11.8 Å². The van der Waals surface area contributed by atoms with E-state index >= 15 is 0 Å². The van der Waals surface area contributed by atoms with Crippen molar-refractivity contribution in [2.75, 3.05) is 27.7 Å². The smallest absolute Gasteiger partial charge is 0.294 e. The summed E-state index contributed by atoms with van der Waals surface area (Å²) in [6.45, 7) is 5.59. The molecule has 92 valence electrons. The van der Waals surface area contributed by atoms with Gasteiger partial charge < -0.3 is 15.0 Å². The lowest BCUT2D eigenvalue weighted by Crippen LogP contribution is -2.43. The van der Waals surface area contributed by atoms with Crippen LogP contribution in [0.5, 0.6) is 5.19 Å². The van der Waals surface area contributed by atoms with E-state index in [0.717, 1.165) is 11.6 Å². The molecule has 6 heteroatoms. The molecule has 0 saturated heterocycles. The highest BCUT2D eigenvalue weighted by Crippen LogP contribution is 2.20. The van der Waals surface area contributed by atoms with Crippen LogP contribution in [0.15, 0.2) is 0 Å². The predicted molar refractivity (Wildman–Crippen MR) is 65.9 cm³/mol. The van der Waals surface area contributed by atoms with Crippen LogP contribution in [0.1, 0.15) is 18.9 Å². The van der Waals surface area contributed by atoms with Crippen LogP contribution in [0, 0.1) is 0 Å². The molecule has 0 fully saturated rings. The molecule has 0 unspecified atom stereocenters. The second-order valence-electron chi connectivity index (χ2n) is 4.49. The van der Waals surface area contributed by atoms with E-state index in [9.17, 15) is 0 Å². The summed E-state index contributed by atoms with van der Waals surface area (Å²) < 4.78 is 5.63. The van der Waals surface area contributed by atoms with Crippen molar-refractivity contribution in [3.63, 3.8) is 0 Å². The molecule has 0 bridgehead atoms. The molecule has 0 aromatic carbocycles. The number of nitrogens with zero attached hydrogens (tertiary/aromatic N) is 3. The van der Waals surface area contributed by atoms with Crippen LogP contribution in [0.4, 0.5) is 0 Å². The van der Waals surface area contributed by atoms with E-state index in [4.69, 9.17) is 4.74 Å². The van der Waals surface area contributed by atoms with Gasteiger partial charge in [0, 0.05) is 12.1 Å². The molecule has 1 N–H and O–H groups in total. The van der Waals surface area contributed by atoms with E-state index in [-0.39, 0.29) is 5.54 Å². The molecule has 1 aromatic rings. The Morgan fingerprint density at radius 2 is 2.06 bits per heavy atom. The lowest BCUT2D eigenvalue weighted by molar-refractivity contribution is 0.113. The van der Waals surface area contributed by atoms with Gasteiger partial charge in [0.2, 0.25) is 0 Å². The monoisotopic (exact) mass is 244 g/mol. The van der Waals surface area contributed by atoms with Crippen molar-refractivity contribution >= 4 is 11.3 Å². The fraction of sp³-hybridized carbons (Fsp3) is 0.800. The molecule has 5 nitrogen and oxygen atoms in total. The van der Waals surface area contributed by atoms with E-state index < -0.39 is 0 Å². The standard InChI is InChI=1S/C10H20N4OS/c1-10(2,14(4)5)7-15-9-13-12-8(16-9)6-11-3/h11H,6-7H2,1-5H3. The van der Waals surface area contributed by atoms with Crippen molar-refractivity contribution in [1.82, 2.24) is 20.4 Å². The Morgan fingerprint density at radius 1 is 1.38 bits per heavy atom. The predicted octanol–water partition coefficient (Wildman–Crippen LogP) is 0.976. The van der Waals surface area contributed by atoms with Crippen molar-refractivity contribution in [3.8, 4) is 5.19 Å². The molecule has 0 saturated carbocycles. The molecule has 1 rings (SSSR count). The number of likely N-dealkylation sites (N-methyl/N-ethyl adjacent to an activating group) is 1. The number of rotatable bonds is 6. The molecule has 0 amide bonds. The van der Waals surface area contributed by atoms with Gasteiger partial charge in [-0.1, -0.05) is 11.3 Å². The number of hydrogen-bond acceptors (Lipinski definition) is 6. The second kappa shape index (κ2) is 5.56. The average Bonchev–Trinajstić information content (AvgIpc) is 2.63. The highest BCUT2D eigenvalue weighted by atomic mass is 32.1. The summed E-state index contributed by atoms with van der Waals surface area (Å²) in [6.07, 6.45) is 0. The Labute approximate surface area is 101 Å². The first-order chi connectivity index (χ1) is 7.45.